The topological polar surface area (TPSA) is 162 Å². The van der Waals surface area contributed by atoms with Crippen molar-refractivity contribution >= 4 is 22.7 Å². The van der Waals surface area contributed by atoms with Crippen molar-refractivity contribution in [3.8, 4) is 0 Å². The lowest BCUT2D eigenvalue weighted by molar-refractivity contribution is -0.106. The molecule has 2 atom stereocenters. The Balaban J connectivity index is 0.00000120. The van der Waals surface area contributed by atoms with Crippen LogP contribution in [0.25, 0.3) is 0 Å². The maximum atomic E-state index is 12.6. The molecule has 0 aliphatic heterocycles. The van der Waals surface area contributed by atoms with Crippen LogP contribution in [-0.4, -0.2) is 32.2 Å². The zero-order chi connectivity index (χ0) is 27.3. The van der Waals surface area contributed by atoms with Crippen molar-refractivity contribution < 1.29 is 18.0 Å². The summed E-state index contributed by atoms with van der Waals surface area (Å²) in [4.78, 5) is 19.9. The van der Waals surface area contributed by atoms with Gasteiger partial charge in [0.1, 0.15) is 6.29 Å². The van der Waals surface area contributed by atoms with E-state index in [4.69, 9.17) is 16.4 Å². The fraction of sp³-hybridized carbons (Fsp3) is 0.385. The van der Waals surface area contributed by atoms with Crippen molar-refractivity contribution in [3.05, 3.63) is 76.6 Å². The number of primary amides is 1. The molecule has 9 nitrogen and oxygen atoms in total. The number of hydrazine groups is 1. The molecule has 2 unspecified atom stereocenters. The van der Waals surface area contributed by atoms with Crippen molar-refractivity contribution in [2.45, 2.75) is 70.4 Å². The first-order valence-corrected chi connectivity index (χ1v) is 13.4. The second-order valence-electron chi connectivity index (χ2n) is 8.31. The number of rotatable bonds is 8. The van der Waals surface area contributed by atoms with Gasteiger partial charge >= 0.3 is 0 Å². The van der Waals surface area contributed by atoms with Crippen molar-refractivity contribution in [2.75, 3.05) is 0 Å². The highest BCUT2D eigenvalue weighted by Gasteiger charge is 2.24. The van der Waals surface area contributed by atoms with Gasteiger partial charge in [0.15, 0.2) is 0 Å². The minimum atomic E-state index is -3.62. The molecule has 198 valence electrons. The molecule has 0 saturated heterocycles. The number of hydrogen-bond acceptors (Lipinski definition) is 7. The van der Waals surface area contributed by atoms with Crippen LogP contribution in [0.2, 0.25) is 0 Å². The molecule has 0 spiro atoms. The Bertz CT molecular complexity index is 1120. The third-order valence-electron chi connectivity index (χ3n) is 5.49. The number of carbonyl (C=O) groups is 2. The normalized spacial score (nSPS) is 15.7. The standard InChI is InChI=1S/C23H30N4O3S.C2H6.CH3NO/c1-16-6-9-21(10-7-16)31(29,30)26-17(2)12-20(24)14-27(25)23-5-3-4-19-13-18(15-28)8-11-22(19)23;1-2;2-1-3/h6-11,13-15,17,23,26H,3-5,12,24-25H2,1-2H3;1-2H3;1H,(H2,2,3)/b20-14-;;. The zero-order valence-electron chi connectivity index (χ0n) is 21.5. The van der Waals surface area contributed by atoms with Gasteiger partial charge in [0, 0.05) is 29.9 Å². The van der Waals surface area contributed by atoms with Crippen LogP contribution < -0.4 is 22.0 Å². The van der Waals surface area contributed by atoms with Gasteiger partial charge in [-0.1, -0.05) is 43.7 Å². The van der Waals surface area contributed by atoms with E-state index in [0.717, 1.165) is 42.2 Å². The third kappa shape index (κ3) is 9.10. The number of hydrogen-bond donors (Lipinski definition) is 4. The summed E-state index contributed by atoms with van der Waals surface area (Å²) in [5.74, 6) is 6.31. The minimum Gasteiger partial charge on any atom is -0.401 e. The molecule has 2 aromatic rings. The van der Waals surface area contributed by atoms with Crippen LogP contribution in [0.5, 0.6) is 0 Å². The molecule has 10 heteroatoms. The quantitative estimate of drug-likeness (QED) is 0.238. The highest BCUT2D eigenvalue weighted by Crippen LogP contribution is 2.33. The maximum Gasteiger partial charge on any atom is 0.240 e. The number of nitrogens with two attached hydrogens (primary N) is 3. The van der Waals surface area contributed by atoms with E-state index in [1.165, 1.54) is 0 Å². The Morgan fingerprint density at radius 2 is 1.78 bits per heavy atom. The smallest absolute Gasteiger partial charge is 0.240 e. The molecule has 0 aromatic heterocycles. The fourth-order valence-electron chi connectivity index (χ4n) is 3.97. The highest BCUT2D eigenvalue weighted by atomic mass is 32.2. The van der Waals surface area contributed by atoms with Gasteiger partial charge in [0.25, 0.3) is 0 Å². The second-order valence-corrected chi connectivity index (χ2v) is 10.0. The van der Waals surface area contributed by atoms with E-state index in [9.17, 15) is 13.2 Å². The van der Waals surface area contributed by atoms with E-state index in [1.807, 2.05) is 32.9 Å². The van der Waals surface area contributed by atoms with Gasteiger partial charge in [0.05, 0.1) is 10.9 Å². The molecule has 3 rings (SSSR count). The van der Waals surface area contributed by atoms with Crippen molar-refractivity contribution in [3.63, 3.8) is 0 Å². The Hall–Kier alpha value is -3.21. The van der Waals surface area contributed by atoms with Gasteiger partial charge in [-0.25, -0.2) is 19.0 Å². The molecule has 7 N–H and O–H groups in total. The summed E-state index contributed by atoms with van der Waals surface area (Å²) in [6, 6.07) is 11.9. The van der Waals surface area contributed by atoms with Crippen molar-refractivity contribution in [2.24, 2.45) is 17.3 Å². The first-order chi connectivity index (χ1) is 17.1. The summed E-state index contributed by atoms with van der Waals surface area (Å²) in [6.45, 7) is 7.67. The molecule has 0 fully saturated rings. The van der Waals surface area contributed by atoms with Crippen LogP contribution in [0.1, 0.15) is 73.1 Å². The highest BCUT2D eigenvalue weighted by molar-refractivity contribution is 7.89. The lowest BCUT2D eigenvalue weighted by Crippen LogP contribution is -2.36. The second kappa shape index (κ2) is 15.0. The molecule has 0 saturated carbocycles. The average Bonchev–Trinajstić information content (AvgIpc) is 2.84. The van der Waals surface area contributed by atoms with Crippen LogP contribution in [0.15, 0.2) is 59.3 Å². The molecule has 1 aliphatic rings. The van der Waals surface area contributed by atoms with Gasteiger partial charge in [-0.3, -0.25) is 9.59 Å². The number of amides is 1. The molecule has 2 aromatic carbocycles. The lowest BCUT2D eigenvalue weighted by atomic mass is 9.86. The first-order valence-electron chi connectivity index (χ1n) is 11.9. The zero-order valence-corrected chi connectivity index (χ0v) is 22.3. The summed E-state index contributed by atoms with van der Waals surface area (Å²) in [7, 11) is -3.62. The van der Waals surface area contributed by atoms with Gasteiger partial charge in [0.2, 0.25) is 16.4 Å². The van der Waals surface area contributed by atoms with E-state index in [0.29, 0.717) is 17.7 Å². The van der Waals surface area contributed by atoms with Crippen LogP contribution >= 0.6 is 0 Å². The van der Waals surface area contributed by atoms with Crippen LogP contribution in [0.4, 0.5) is 0 Å². The summed E-state index contributed by atoms with van der Waals surface area (Å²) in [6.07, 6.45) is 5.85. The number of nitrogens with one attached hydrogen (secondary N) is 1. The van der Waals surface area contributed by atoms with Crippen molar-refractivity contribution in [1.82, 2.24) is 9.73 Å². The monoisotopic (exact) mass is 517 g/mol. The molecule has 0 radical (unpaired) electrons. The average molecular weight is 518 g/mol. The predicted molar refractivity (Wildman–Crippen MR) is 143 cm³/mol. The van der Waals surface area contributed by atoms with Crippen LogP contribution in [-0.2, 0) is 21.2 Å². The molecule has 1 aliphatic carbocycles. The number of fused-ring (bicyclic) bond motifs is 1. The van der Waals surface area contributed by atoms with E-state index in [2.05, 4.69) is 10.5 Å². The van der Waals surface area contributed by atoms with Gasteiger partial charge in [-0.15, -0.1) is 0 Å². The number of aryl methyl sites for hydroxylation is 2. The number of sulfonamides is 1. The Morgan fingerprint density at radius 1 is 1.17 bits per heavy atom. The lowest BCUT2D eigenvalue weighted by Gasteiger charge is -2.32. The summed E-state index contributed by atoms with van der Waals surface area (Å²) in [5.41, 5.74) is 14.7. The molecule has 1 amide bonds. The number of carbonyl (C=O) groups excluding carboxylic acids is 2. The van der Waals surface area contributed by atoms with E-state index in [1.54, 1.807) is 48.5 Å². The summed E-state index contributed by atoms with van der Waals surface area (Å²) in [5, 5.41) is 1.59. The third-order valence-corrected chi connectivity index (χ3v) is 7.10. The van der Waals surface area contributed by atoms with Crippen molar-refractivity contribution in [1.29, 1.82) is 0 Å². The Morgan fingerprint density at radius 3 is 2.36 bits per heavy atom. The fourth-order valence-corrected chi connectivity index (χ4v) is 5.21. The number of benzene rings is 2. The summed E-state index contributed by atoms with van der Waals surface area (Å²) >= 11 is 0. The van der Waals surface area contributed by atoms with Crippen LogP contribution in [0.3, 0.4) is 0 Å². The van der Waals surface area contributed by atoms with Gasteiger partial charge in [-0.05, 0) is 62.4 Å². The molecular formula is C26H39N5O4S. The maximum absolute atomic E-state index is 12.6. The number of aldehydes is 1. The molecular weight excluding hydrogens is 478 g/mol. The van der Waals surface area contributed by atoms with E-state index >= 15 is 0 Å². The summed E-state index contributed by atoms with van der Waals surface area (Å²) < 4.78 is 27.8. The van der Waals surface area contributed by atoms with Gasteiger partial charge < -0.3 is 16.5 Å². The molecule has 0 bridgehead atoms. The SMILES string of the molecule is CC.Cc1ccc(S(=O)(=O)NC(C)C/C(N)=C/N(N)C2CCCc3cc(C=O)ccc32)cc1.NC=O. The number of nitrogens with zero attached hydrogens (tertiary/aromatic N) is 1. The molecule has 0 heterocycles. The Labute approximate surface area is 214 Å². The largest absolute Gasteiger partial charge is 0.401 e. The molecule has 36 heavy (non-hydrogen) atoms. The first kappa shape index (κ1) is 30.8. The Kier molecular flexibility index (Phi) is 12.9. The van der Waals surface area contributed by atoms with Crippen LogP contribution in [0, 0.1) is 6.92 Å². The minimum absolute atomic E-state index is 0.0393. The van der Waals surface area contributed by atoms with E-state index in [-0.39, 0.29) is 17.3 Å². The predicted octanol–water partition coefficient (Wildman–Crippen LogP) is 3.05. The van der Waals surface area contributed by atoms with Gasteiger partial charge in [-0.2, -0.15) is 0 Å². The van der Waals surface area contributed by atoms with E-state index < -0.39 is 16.1 Å².